The fourth-order valence-corrected chi connectivity index (χ4v) is 3.91. The number of esters is 1. The molecule has 6 nitrogen and oxygen atoms in total. The van der Waals surface area contributed by atoms with E-state index in [0.29, 0.717) is 24.2 Å². The third-order valence-corrected chi connectivity index (χ3v) is 6.03. The average molecular weight is 445 g/mol. The summed E-state index contributed by atoms with van der Waals surface area (Å²) in [4.78, 5) is 38.4. The molecule has 0 bridgehead atoms. The minimum Gasteiger partial charge on any atom is -0.507 e. The molecule has 0 amide bonds. The van der Waals surface area contributed by atoms with Gasteiger partial charge in [0.25, 0.3) is 0 Å². The van der Waals surface area contributed by atoms with Crippen LogP contribution in [0.25, 0.3) is 6.08 Å². The summed E-state index contributed by atoms with van der Waals surface area (Å²) in [5, 5.41) is 10.4. The van der Waals surface area contributed by atoms with Crippen molar-refractivity contribution < 1.29 is 23.8 Å². The molecule has 0 aliphatic rings. The molecule has 0 aliphatic carbocycles. The summed E-state index contributed by atoms with van der Waals surface area (Å²) in [7, 11) is 1.34. The molecule has 1 N–H and O–H groups in total. The van der Waals surface area contributed by atoms with Gasteiger partial charge in [0.2, 0.25) is 0 Å². The lowest BCUT2D eigenvalue weighted by atomic mass is 9.99. The second kappa shape index (κ2) is 11.5. The van der Waals surface area contributed by atoms with E-state index in [1.54, 1.807) is 30.4 Å². The number of allylic oxidation sites excluding steroid dienone is 2. The number of aromatic hydroxyl groups is 1. The van der Waals surface area contributed by atoms with Crippen LogP contribution in [0.4, 0.5) is 0 Å². The van der Waals surface area contributed by atoms with Crippen LogP contribution in [0, 0.1) is 0 Å². The van der Waals surface area contributed by atoms with Crippen molar-refractivity contribution in [3.8, 4) is 5.75 Å². The molecule has 0 spiro atoms. The third kappa shape index (κ3) is 6.79. The van der Waals surface area contributed by atoms with E-state index in [-0.39, 0.29) is 29.6 Å². The van der Waals surface area contributed by atoms with E-state index in [1.807, 2.05) is 25.1 Å². The van der Waals surface area contributed by atoms with Crippen molar-refractivity contribution in [1.29, 1.82) is 0 Å². The summed E-state index contributed by atoms with van der Waals surface area (Å²) in [6, 6.07) is 5.26. The number of thiophene rings is 1. The number of ether oxygens (including phenoxy) is 1. The number of hydrogen-bond acceptors (Lipinski definition) is 7. The standard InChI is InChI=1S/C24H28O6S/c1-5-17-11-12-18(31-17)13-16(3)23(27)22-19(25)14-20(30-24(22)28)15(2)9-7-6-8-10-21(26)29-4/h6,8,11-15,25H,5,7,9-10H2,1-4H3/b8-6+,16-13?. The van der Waals surface area contributed by atoms with Gasteiger partial charge in [0, 0.05) is 21.7 Å². The van der Waals surface area contributed by atoms with E-state index in [4.69, 9.17) is 4.42 Å². The monoisotopic (exact) mass is 444 g/mol. The number of Topliss-reactive ketones (excluding diaryl/α,β-unsaturated/α-hetero) is 1. The summed E-state index contributed by atoms with van der Waals surface area (Å²) in [6.07, 6.45) is 7.71. The Morgan fingerprint density at radius 3 is 2.65 bits per heavy atom. The van der Waals surface area contributed by atoms with Gasteiger partial charge in [0.1, 0.15) is 17.1 Å². The summed E-state index contributed by atoms with van der Waals surface area (Å²) in [5.41, 5.74) is -0.847. The Balaban J connectivity index is 2.11. The first kappa shape index (κ1) is 24.3. The topological polar surface area (TPSA) is 93.8 Å². The average Bonchev–Trinajstić information content (AvgIpc) is 3.19. The minimum atomic E-state index is -0.846. The zero-order valence-corrected chi connectivity index (χ0v) is 19.1. The van der Waals surface area contributed by atoms with Crippen molar-refractivity contribution in [1.82, 2.24) is 0 Å². The molecule has 2 aromatic heterocycles. The molecule has 0 radical (unpaired) electrons. The number of carbonyl (C=O) groups excluding carboxylic acids is 2. The van der Waals surface area contributed by atoms with Gasteiger partial charge in [-0.15, -0.1) is 11.3 Å². The second-order valence-electron chi connectivity index (χ2n) is 7.24. The molecule has 31 heavy (non-hydrogen) atoms. The van der Waals surface area contributed by atoms with Gasteiger partial charge in [-0.3, -0.25) is 9.59 Å². The third-order valence-electron chi connectivity index (χ3n) is 4.86. The fraction of sp³-hybridized carbons (Fsp3) is 0.375. The first-order valence-corrected chi connectivity index (χ1v) is 11.0. The summed E-state index contributed by atoms with van der Waals surface area (Å²) in [6.45, 7) is 5.53. The number of ketones is 1. The lowest BCUT2D eigenvalue weighted by Gasteiger charge is -2.11. The molecule has 7 heteroatoms. The van der Waals surface area contributed by atoms with Crippen LogP contribution < -0.4 is 5.63 Å². The highest BCUT2D eigenvalue weighted by atomic mass is 32.1. The lowest BCUT2D eigenvalue weighted by molar-refractivity contribution is -0.139. The number of aryl methyl sites for hydroxylation is 1. The molecule has 2 rings (SSSR count). The maximum absolute atomic E-state index is 12.7. The molecule has 0 aromatic carbocycles. The Kier molecular flexibility index (Phi) is 9.00. The van der Waals surface area contributed by atoms with E-state index in [9.17, 15) is 19.5 Å². The molecule has 1 atom stereocenters. The van der Waals surface area contributed by atoms with Crippen molar-refractivity contribution in [3.63, 3.8) is 0 Å². The van der Waals surface area contributed by atoms with Gasteiger partial charge < -0.3 is 14.3 Å². The van der Waals surface area contributed by atoms with Gasteiger partial charge in [-0.1, -0.05) is 26.0 Å². The van der Waals surface area contributed by atoms with Crippen LogP contribution in [0.1, 0.15) is 71.8 Å². The number of carbonyl (C=O) groups is 2. The molecule has 0 saturated carbocycles. The highest BCUT2D eigenvalue weighted by Gasteiger charge is 2.22. The molecule has 2 heterocycles. The molecule has 0 fully saturated rings. The fourth-order valence-electron chi connectivity index (χ4n) is 2.96. The van der Waals surface area contributed by atoms with E-state index in [0.717, 1.165) is 11.3 Å². The van der Waals surface area contributed by atoms with Gasteiger partial charge in [-0.25, -0.2) is 4.79 Å². The number of methoxy groups -OCH3 is 1. The van der Waals surface area contributed by atoms with E-state index >= 15 is 0 Å². The van der Waals surface area contributed by atoms with Crippen molar-refractivity contribution >= 4 is 29.2 Å². The van der Waals surface area contributed by atoms with Gasteiger partial charge in [-0.05, 0) is 50.0 Å². The Bertz CT molecular complexity index is 1040. The Morgan fingerprint density at radius 1 is 1.29 bits per heavy atom. The van der Waals surface area contributed by atoms with Gasteiger partial charge in [0.15, 0.2) is 5.78 Å². The van der Waals surface area contributed by atoms with Crippen LogP contribution in [-0.4, -0.2) is 24.0 Å². The smallest absolute Gasteiger partial charge is 0.351 e. The Labute approximate surface area is 185 Å². The van der Waals surface area contributed by atoms with Crippen LogP contribution in [0.15, 0.2) is 45.1 Å². The molecule has 2 aromatic rings. The number of hydrogen-bond donors (Lipinski definition) is 1. The second-order valence-corrected chi connectivity index (χ2v) is 8.44. The van der Waals surface area contributed by atoms with Gasteiger partial charge in [-0.2, -0.15) is 0 Å². The highest BCUT2D eigenvalue weighted by Crippen LogP contribution is 2.27. The van der Waals surface area contributed by atoms with E-state index in [2.05, 4.69) is 11.7 Å². The largest absolute Gasteiger partial charge is 0.507 e. The van der Waals surface area contributed by atoms with Crippen molar-refractivity contribution in [3.05, 3.63) is 67.4 Å². The first-order valence-electron chi connectivity index (χ1n) is 10.2. The maximum Gasteiger partial charge on any atom is 0.351 e. The van der Waals surface area contributed by atoms with E-state index in [1.165, 1.54) is 18.1 Å². The predicted octanol–water partition coefficient (Wildman–Crippen LogP) is 5.26. The quantitative estimate of drug-likeness (QED) is 0.233. The Morgan fingerprint density at radius 2 is 2.03 bits per heavy atom. The zero-order chi connectivity index (χ0) is 23.0. The maximum atomic E-state index is 12.7. The molecule has 0 aliphatic heterocycles. The van der Waals surface area contributed by atoms with Gasteiger partial charge >= 0.3 is 11.6 Å². The highest BCUT2D eigenvalue weighted by molar-refractivity contribution is 7.12. The van der Waals surface area contributed by atoms with Crippen molar-refractivity contribution in [2.45, 2.75) is 52.4 Å². The van der Waals surface area contributed by atoms with Gasteiger partial charge in [0.05, 0.1) is 13.5 Å². The first-order chi connectivity index (χ1) is 14.8. The van der Waals surface area contributed by atoms with Crippen molar-refractivity contribution in [2.24, 2.45) is 0 Å². The summed E-state index contributed by atoms with van der Waals surface area (Å²) < 4.78 is 9.91. The minimum absolute atomic E-state index is 0.152. The Hall–Kier alpha value is -2.93. The summed E-state index contributed by atoms with van der Waals surface area (Å²) >= 11 is 1.58. The number of rotatable bonds is 10. The lowest BCUT2D eigenvalue weighted by Crippen LogP contribution is -2.16. The molecule has 0 saturated heterocycles. The zero-order valence-electron chi connectivity index (χ0n) is 18.3. The molecular formula is C24H28O6S. The summed E-state index contributed by atoms with van der Waals surface area (Å²) in [5.74, 6) is -1.08. The molecule has 1 unspecified atom stereocenters. The predicted molar refractivity (Wildman–Crippen MR) is 122 cm³/mol. The van der Waals surface area contributed by atoms with Crippen LogP contribution in [-0.2, 0) is 16.0 Å². The van der Waals surface area contributed by atoms with Crippen LogP contribution in [0.5, 0.6) is 5.75 Å². The molecule has 166 valence electrons. The molecular weight excluding hydrogens is 416 g/mol. The van der Waals surface area contributed by atoms with Crippen LogP contribution in [0.2, 0.25) is 0 Å². The van der Waals surface area contributed by atoms with E-state index < -0.39 is 11.4 Å². The SMILES string of the molecule is CCc1ccc(C=C(C)C(=O)c2c(O)cc(C(C)CC/C=C/CC(=O)OC)oc2=O)s1. The van der Waals surface area contributed by atoms with Crippen LogP contribution in [0.3, 0.4) is 0 Å². The van der Waals surface area contributed by atoms with Crippen molar-refractivity contribution in [2.75, 3.05) is 7.11 Å². The van der Waals surface area contributed by atoms with Crippen LogP contribution >= 0.6 is 11.3 Å². The normalized spacial score (nSPS) is 12.8.